The molecule has 0 amide bonds. The van der Waals surface area contributed by atoms with E-state index in [1.165, 1.54) is 6.08 Å². The molecule has 1 aliphatic rings. The van der Waals surface area contributed by atoms with E-state index in [0.717, 1.165) is 0 Å². The lowest BCUT2D eigenvalue weighted by molar-refractivity contribution is -0.126. The van der Waals surface area contributed by atoms with Gasteiger partial charge < -0.3 is 0 Å². The Morgan fingerprint density at radius 1 is 1.36 bits per heavy atom. The van der Waals surface area contributed by atoms with E-state index >= 15 is 0 Å². The fourth-order valence-corrected chi connectivity index (χ4v) is 3.83. The molecule has 0 bridgehead atoms. The zero-order valence-electron chi connectivity index (χ0n) is 8.30. The quantitative estimate of drug-likeness (QED) is 0.695. The van der Waals surface area contributed by atoms with E-state index in [0.29, 0.717) is 5.57 Å². The van der Waals surface area contributed by atoms with Crippen LogP contribution in [0.1, 0.15) is 20.8 Å². The standard InChI is InChI=1S/C10H12Br2O2/c1-5(2)8-7(13)4-6(3)9(14)10(8,11)12/h4-5,8H,1-3H3. The second-order valence-electron chi connectivity index (χ2n) is 3.90. The average Bonchev–Trinajstić information content (AvgIpc) is 1.98. The summed E-state index contributed by atoms with van der Waals surface area (Å²) in [7, 11) is 0. The monoisotopic (exact) mass is 322 g/mol. The predicted molar refractivity (Wildman–Crippen MR) is 62.7 cm³/mol. The van der Waals surface area contributed by atoms with Crippen molar-refractivity contribution >= 4 is 43.4 Å². The highest BCUT2D eigenvalue weighted by atomic mass is 79.9. The van der Waals surface area contributed by atoms with Crippen LogP contribution in [-0.2, 0) is 9.59 Å². The zero-order valence-corrected chi connectivity index (χ0v) is 11.5. The van der Waals surface area contributed by atoms with Gasteiger partial charge in [-0.1, -0.05) is 45.7 Å². The summed E-state index contributed by atoms with van der Waals surface area (Å²) in [5.41, 5.74) is 0.501. The average molecular weight is 324 g/mol. The summed E-state index contributed by atoms with van der Waals surface area (Å²) in [5, 5.41) is 0. The zero-order chi connectivity index (χ0) is 11.1. The third-order valence-corrected chi connectivity index (χ3v) is 4.09. The first-order chi connectivity index (χ1) is 6.28. The van der Waals surface area contributed by atoms with Crippen LogP contribution in [0.15, 0.2) is 11.6 Å². The number of halogens is 2. The predicted octanol–water partition coefficient (Wildman–Crippen LogP) is 2.84. The Bertz CT molecular complexity index is 316. The maximum Gasteiger partial charge on any atom is 0.186 e. The number of carbonyl (C=O) groups is 2. The van der Waals surface area contributed by atoms with Gasteiger partial charge in [0.05, 0.1) is 5.92 Å². The molecule has 78 valence electrons. The molecule has 0 N–H and O–H groups in total. The van der Waals surface area contributed by atoms with Crippen molar-refractivity contribution in [2.24, 2.45) is 11.8 Å². The van der Waals surface area contributed by atoms with Crippen LogP contribution in [0.25, 0.3) is 0 Å². The Kier molecular flexibility index (Phi) is 3.37. The van der Waals surface area contributed by atoms with Crippen LogP contribution in [0.5, 0.6) is 0 Å². The minimum absolute atomic E-state index is 0.00542. The highest BCUT2D eigenvalue weighted by Gasteiger charge is 2.48. The molecule has 0 radical (unpaired) electrons. The summed E-state index contributed by atoms with van der Waals surface area (Å²) in [4.78, 5) is 23.5. The Labute approximate surface area is 100 Å². The number of carbonyl (C=O) groups excluding carboxylic acids is 2. The first-order valence-electron chi connectivity index (χ1n) is 4.43. The topological polar surface area (TPSA) is 34.1 Å². The lowest BCUT2D eigenvalue weighted by atomic mass is 9.81. The number of rotatable bonds is 1. The molecule has 0 aromatic heterocycles. The number of hydrogen-bond acceptors (Lipinski definition) is 2. The van der Waals surface area contributed by atoms with Gasteiger partial charge in [-0.3, -0.25) is 9.59 Å². The number of hydrogen-bond donors (Lipinski definition) is 0. The van der Waals surface area contributed by atoms with Crippen molar-refractivity contribution in [3.05, 3.63) is 11.6 Å². The minimum Gasteiger partial charge on any atom is -0.294 e. The molecule has 0 saturated carbocycles. The van der Waals surface area contributed by atoms with E-state index in [1.54, 1.807) is 6.92 Å². The van der Waals surface area contributed by atoms with Crippen molar-refractivity contribution in [2.75, 3.05) is 0 Å². The second-order valence-corrected chi connectivity index (χ2v) is 7.47. The van der Waals surface area contributed by atoms with E-state index in [2.05, 4.69) is 31.9 Å². The molecule has 1 unspecified atom stereocenters. The molecule has 0 aliphatic heterocycles. The molecular weight excluding hydrogens is 312 g/mol. The lowest BCUT2D eigenvalue weighted by Crippen LogP contribution is -2.45. The van der Waals surface area contributed by atoms with Crippen molar-refractivity contribution in [3.63, 3.8) is 0 Å². The van der Waals surface area contributed by atoms with Gasteiger partial charge in [0.2, 0.25) is 0 Å². The van der Waals surface area contributed by atoms with E-state index in [9.17, 15) is 9.59 Å². The van der Waals surface area contributed by atoms with E-state index < -0.39 is 3.23 Å². The lowest BCUT2D eigenvalue weighted by Gasteiger charge is -2.33. The van der Waals surface area contributed by atoms with Gasteiger partial charge in [0.1, 0.15) is 0 Å². The first-order valence-corrected chi connectivity index (χ1v) is 6.01. The van der Waals surface area contributed by atoms with Gasteiger partial charge in [0.15, 0.2) is 14.8 Å². The Morgan fingerprint density at radius 3 is 2.29 bits per heavy atom. The molecule has 14 heavy (non-hydrogen) atoms. The van der Waals surface area contributed by atoms with Crippen molar-refractivity contribution in [3.8, 4) is 0 Å². The van der Waals surface area contributed by atoms with E-state index in [1.807, 2.05) is 13.8 Å². The smallest absolute Gasteiger partial charge is 0.186 e. The fourth-order valence-electron chi connectivity index (χ4n) is 1.70. The molecule has 1 aliphatic carbocycles. The SMILES string of the molecule is CC1=CC(=O)C(C(C)C)C(Br)(Br)C1=O. The molecule has 2 nitrogen and oxygen atoms in total. The van der Waals surface area contributed by atoms with Gasteiger partial charge in [-0.15, -0.1) is 0 Å². The third-order valence-electron chi connectivity index (χ3n) is 2.38. The van der Waals surface area contributed by atoms with Crippen LogP contribution in [0.3, 0.4) is 0 Å². The Hall–Kier alpha value is 0.0400. The van der Waals surface area contributed by atoms with Gasteiger partial charge in [-0.25, -0.2) is 0 Å². The first kappa shape index (κ1) is 12.1. The highest BCUT2D eigenvalue weighted by molar-refractivity contribution is 9.26. The normalized spacial score (nSPS) is 26.7. The fraction of sp³-hybridized carbons (Fsp3) is 0.600. The van der Waals surface area contributed by atoms with Crippen LogP contribution < -0.4 is 0 Å². The van der Waals surface area contributed by atoms with E-state index in [-0.39, 0.29) is 23.4 Å². The van der Waals surface area contributed by atoms with Gasteiger partial charge in [-0.05, 0) is 24.5 Å². The summed E-state index contributed by atoms with van der Waals surface area (Å²) in [5.74, 6) is -0.269. The Balaban J connectivity index is 3.21. The minimum atomic E-state index is -0.913. The van der Waals surface area contributed by atoms with Crippen LogP contribution in [0, 0.1) is 11.8 Å². The summed E-state index contributed by atoms with van der Waals surface area (Å²) < 4.78 is -0.913. The molecule has 0 aromatic rings. The Morgan fingerprint density at radius 2 is 1.86 bits per heavy atom. The maximum atomic E-state index is 11.8. The van der Waals surface area contributed by atoms with Crippen LogP contribution in [0.2, 0.25) is 0 Å². The molecule has 0 fully saturated rings. The van der Waals surface area contributed by atoms with Gasteiger partial charge >= 0.3 is 0 Å². The van der Waals surface area contributed by atoms with Gasteiger partial charge in [0.25, 0.3) is 0 Å². The largest absolute Gasteiger partial charge is 0.294 e. The highest BCUT2D eigenvalue weighted by Crippen LogP contribution is 2.44. The maximum absolute atomic E-state index is 11.8. The van der Waals surface area contributed by atoms with Gasteiger partial charge in [0, 0.05) is 0 Å². The third kappa shape index (κ3) is 1.87. The molecule has 0 saturated heterocycles. The number of alkyl halides is 2. The number of ketones is 2. The molecule has 0 heterocycles. The number of allylic oxidation sites excluding steroid dienone is 2. The van der Waals surface area contributed by atoms with Crippen molar-refractivity contribution in [2.45, 2.75) is 24.0 Å². The summed E-state index contributed by atoms with van der Waals surface area (Å²) in [6, 6.07) is 0. The van der Waals surface area contributed by atoms with Crippen molar-refractivity contribution < 1.29 is 9.59 Å². The van der Waals surface area contributed by atoms with Crippen LogP contribution in [0.4, 0.5) is 0 Å². The number of Topliss-reactive ketones (excluding diaryl/α,β-unsaturated/α-hetero) is 1. The molecule has 0 spiro atoms. The molecular formula is C10H12Br2O2. The van der Waals surface area contributed by atoms with Crippen molar-refractivity contribution in [1.82, 2.24) is 0 Å². The summed E-state index contributed by atoms with van der Waals surface area (Å²) in [6.45, 7) is 5.53. The van der Waals surface area contributed by atoms with Gasteiger partial charge in [-0.2, -0.15) is 0 Å². The molecule has 4 heteroatoms. The van der Waals surface area contributed by atoms with Crippen LogP contribution >= 0.6 is 31.9 Å². The molecule has 0 aromatic carbocycles. The molecule has 1 rings (SSSR count). The summed E-state index contributed by atoms with van der Waals surface area (Å²) in [6.07, 6.45) is 1.44. The van der Waals surface area contributed by atoms with E-state index in [4.69, 9.17) is 0 Å². The second kappa shape index (κ2) is 3.89. The summed E-state index contributed by atoms with van der Waals surface area (Å²) >= 11 is 6.62. The van der Waals surface area contributed by atoms with Crippen molar-refractivity contribution in [1.29, 1.82) is 0 Å². The van der Waals surface area contributed by atoms with Crippen LogP contribution in [-0.4, -0.2) is 14.8 Å². The molecule has 1 atom stereocenters.